The summed E-state index contributed by atoms with van der Waals surface area (Å²) in [6.45, 7) is 0. The smallest absolute Gasteiger partial charge is 0.216 e. The molecule has 0 radical (unpaired) electrons. The van der Waals surface area contributed by atoms with Gasteiger partial charge >= 0.3 is 0 Å². The molecule has 0 aliphatic rings. The summed E-state index contributed by atoms with van der Waals surface area (Å²) in [7, 11) is 1.56. The molecule has 5 nitrogen and oxygen atoms in total. The second-order valence-corrected chi connectivity index (χ2v) is 5.54. The predicted molar refractivity (Wildman–Crippen MR) is 93.8 cm³/mol. The number of aromatic amines is 1. The predicted octanol–water partition coefficient (Wildman–Crippen LogP) is 4.29. The van der Waals surface area contributed by atoms with Crippen molar-refractivity contribution in [3.05, 3.63) is 63.6 Å². The molecule has 0 saturated heterocycles. The molecule has 8 heteroatoms. The van der Waals surface area contributed by atoms with Crippen molar-refractivity contribution in [3.63, 3.8) is 0 Å². The highest BCUT2D eigenvalue weighted by molar-refractivity contribution is 7.71. The molecule has 1 aromatic heterocycles. The largest absolute Gasteiger partial charge is 0.496 e. The van der Waals surface area contributed by atoms with Gasteiger partial charge in [0.1, 0.15) is 11.6 Å². The zero-order chi connectivity index (χ0) is 17.1. The summed E-state index contributed by atoms with van der Waals surface area (Å²) in [5.41, 5.74) is 0.873. The first kappa shape index (κ1) is 16.4. The van der Waals surface area contributed by atoms with Crippen molar-refractivity contribution in [2.75, 3.05) is 7.11 Å². The molecule has 1 N–H and O–H groups in total. The van der Waals surface area contributed by atoms with E-state index in [0.29, 0.717) is 17.1 Å². The van der Waals surface area contributed by atoms with Gasteiger partial charge in [-0.1, -0.05) is 29.8 Å². The Kier molecular flexibility index (Phi) is 4.73. The molecule has 122 valence electrons. The first-order chi connectivity index (χ1) is 11.6. The van der Waals surface area contributed by atoms with Crippen LogP contribution >= 0.6 is 23.8 Å². The maximum Gasteiger partial charge on any atom is 0.216 e. The lowest BCUT2D eigenvalue weighted by molar-refractivity contribution is 0.416. The van der Waals surface area contributed by atoms with Crippen LogP contribution in [0.5, 0.6) is 5.75 Å². The number of nitrogens with zero attached hydrogens (tertiary/aromatic N) is 3. The number of nitrogens with one attached hydrogen (secondary N) is 1. The SMILES string of the molecule is COc1ccccc1-c1n[nH]c(=S)n1/N=C\c1c(F)cccc1Cl. The molecule has 3 aromatic rings. The summed E-state index contributed by atoms with van der Waals surface area (Å²) in [6, 6.07) is 11.7. The van der Waals surface area contributed by atoms with Gasteiger partial charge in [0.15, 0.2) is 5.82 Å². The van der Waals surface area contributed by atoms with Gasteiger partial charge in [-0.05, 0) is 36.5 Å². The number of methoxy groups -OCH3 is 1. The Morgan fingerprint density at radius 2 is 2.08 bits per heavy atom. The van der Waals surface area contributed by atoms with E-state index >= 15 is 0 Å². The van der Waals surface area contributed by atoms with Crippen LogP contribution < -0.4 is 4.74 Å². The number of rotatable bonds is 4. The van der Waals surface area contributed by atoms with Crippen molar-refractivity contribution in [1.29, 1.82) is 0 Å². The van der Waals surface area contributed by atoms with Crippen LogP contribution in [-0.2, 0) is 0 Å². The summed E-state index contributed by atoms with van der Waals surface area (Å²) in [5.74, 6) is 0.591. The van der Waals surface area contributed by atoms with Gasteiger partial charge in [-0.2, -0.15) is 14.9 Å². The number of halogens is 2. The van der Waals surface area contributed by atoms with Crippen LogP contribution in [0.2, 0.25) is 5.02 Å². The van der Waals surface area contributed by atoms with Crippen LogP contribution in [0.15, 0.2) is 47.6 Å². The molecule has 3 rings (SSSR count). The molecule has 0 bridgehead atoms. The lowest BCUT2D eigenvalue weighted by Crippen LogP contribution is -1.98. The van der Waals surface area contributed by atoms with E-state index in [1.807, 2.05) is 18.2 Å². The quantitative estimate of drug-likeness (QED) is 0.556. The van der Waals surface area contributed by atoms with Crippen molar-refractivity contribution in [2.45, 2.75) is 0 Å². The molecule has 0 amide bonds. The molecule has 24 heavy (non-hydrogen) atoms. The maximum absolute atomic E-state index is 13.9. The summed E-state index contributed by atoms with van der Waals surface area (Å²) in [4.78, 5) is 0. The Bertz CT molecular complexity index is 946. The van der Waals surface area contributed by atoms with Crippen LogP contribution in [0.1, 0.15) is 5.56 Å². The van der Waals surface area contributed by atoms with Gasteiger partial charge in [0, 0.05) is 5.56 Å². The summed E-state index contributed by atoms with van der Waals surface area (Å²) >= 11 is 11.2. The number of hydrogen-bond acceptors (Lipinski definition) is 4. The molecule has 2 aromatic carbocycles. The first-order valence-corrected chi connectivity index (χ1v) is 7.69. The highest BCUT2D eigenvalue weighted by Gasteiger charge is 2.13. The number of para-hydroxylation sites is 1. The van der Waals surface area contributed by atoms with Crippen molar-refractivity contribution < 1.29 is 9.13 Å². The standard InChI is InChI=1S/C16H12ClFN4OS/c1-23-14-8-3-2-5-10(14)15-20-21-16(24)22(15)19-9-11-12(17)6-4-7-13(11)18/h2-9H,1H3,(H,21,24)/b19-9-. The van der Waals surface area contributed by atoms with Gasteiger partial charge in [-0.15, -0.1) is 0 Å². The molecule has 0 aliphatic heterocycles. The van der Waals surface area contributed by atoms with E-state index in [1.54, 1.807) is 19.2 Å². The van der Waals surface area contributed by atoms with Gasteiger partial charge in [-0.3, -0.25) is 0 Å². The second kappa shape index (κ2) is 6.94. The Morgan fingerprint density at radius 3 is 2.83 bits per heavy atom. The third-order valence-corrected chi connectivity index (χ3v) is 3.89. The van der Waals surface area contributed by atoms with Gasteiger partial charge in [0.05, 0.1) is 23.9 Å². The molecule has 0 unspecified atom stereocenters. The van der Waals surface area contributed by atoms with E-state index in [1.165, 1.54) is 23.0 Å². The highest BCUT2D eigenvalue weighted by Crippen LogP contribution is 2.28. The molecule has 0 fully saturated rings. The maximum atomic E-state index is 13.9. The fourth-order valence-electron chi connectivity index (χ4n) is 2.15. The van der Waals surface area contributed by atoms with E-state index in [9.17, 15) is 4.39 Å². The number of hydrogen-bond donors (Lipinski definition) is 1. The molecule has 0 atom stereocenters. The van der Waals surface area contributed by atoms with Crippen LogP contribution in [0.3, 0.4) is 0 Å². The molecule has 1 heterocycles. The van der Waals surface area contributed by atoms with Crippen molar-refractivity contribution >= 4 is 30.0 Å². The van der Waals surface area contributed by atoms with Crippen molar-refractivity contribution in [2.24, 2.45) is 5.10 Å². The monoisotopic (exact) mass is 362 g/mol. The highest BCUT2D eigenvalue weighted by atomic mass is 35.5. The van der Waals surface area contributed by atoms with Crippen LogP contribution in [0, 0.1) is 10.6 Å². The van der Waals surface area contributed by atoms with E-state index in [-0.39, 0.29) is 15.4 Å². The average molecular weight is 363 g/mol. The molecule has 0 spiro atoms. The third-order valence-electron chi connectivity index (χ3n) is 3.30. The molecule has 0 aliphatic carbocycles. The molecular weight excluding hydrogens is 351 g/mol. The lowest BCUT2D eigenvalue weighted by atomic mass is 10.2. The van der Waals surface area contributed by atoms with E-state index in [4.69, 9.17) is 28.6 Å². The van der Waals surface area contributed by atoms with Crippen LogP contribution in [0.4, 0.5) is 4.39 Å². The van der Waals surface area contributed by atoms with E-state index < -0.39 is 5.82 Å². The Balaban J connectivity index is 2.09. The molecular formula is C16H12ClFN4OS. The van der Waals surface area contributed by atoms with Crippen LogP contribution in [-0.4, -0.2) is 28.2 Å². The van der Waals surface area contributed by atoms with Crippen molar-refractivity contribution in [1.82, 2.24) is 14.9 Å². The Hall–Kier alpha value is -2.51. The zero-order valence-corrected chi connectivity index (χ0v) is 14.1. The number of benzene rings is 2. The van der Waals surface area contributed by atoms with Gasteiger partial charge in [0.25, 0.3) is 0 Å². The minimum Gasteiger partial charge on any atom is -0.496 e. The zero-order valence-electron chi connectivity index (χ0n) is 12.5. The second-order valence-electron chi connectivity index (χ2n) is 4.74. The van der Waals surface area contributed by atoms with E-state index in [0.717, 1.165) is 0 Å². The van der Waals surface area contributed by atoms with Gasteiger partial charge in [-0.25, -0.2) is 9.49 Å². The number of ether oxygens (including phenoxy) is 1. The van der Waals surface area contributed by atoms with E-state index in [2.05, 4.69) is 15.3 Å². The van der Waals surface area contributed by atoms with Crippen molar-refractivity contribution in [3.8, 4) is 17.1 Å². The fourth-order valence-corrected chi connectivity index (χ4v) is 2.54. The summed E-state index contributed by atoms with van der Waals surface area (Å²) in [5, 5.41) is 11.3. The summed E-state index contributed by atoms with van der Waals surface area (Å²) in [6.07, 6.45) is 1.31. The third kappa shape index (κ3) is 3.08. The van der Waals surface area contributed by atoms with Crippen LogP contribution in [0.25, 0.3) is 11.4 Å². The normalized spacial score (nSPS) is 11.1. The van der Waals surface area contributed by atoms with Gasteiger partial charge in [0.2, 0.25) is 4.77 Å². The Labute approximate surface area is 147 Å². The summed E-state index contributed by atoms with van der Waals surface area (Å²) < 4.78 is 20.8. The minimum absolute atomic E-state index is 0.174. The molecule has 0 saturated carbocycles. The topological polar surface area (TPSA) is 55.2 Å². The fraction of sp³-hybridized carbons (Fsp3) is 0.0625. The lowest BCUT2D eigenvalue weighted by Gasteiger charge is -2.07. The van der Waals surface area contributed by atoms with Gasteiger partial charge < -0.3 is 4.74 Å². The Morgan fingerprint density at radius 1 is 1.29 bits per heavy atom. The number of H-pyrrole nitrogens is 1. The average Bonchev–Trinajstić information content (AvgIpc) is 2.95. The first-order valence-electron chi connectivity index (χ1n) is 6.91. The minimum atomic E-state index is -0.472. The number of aromatic nitrogens is 3.